The molecule has 28 heavy (non-hydrogen) atoms. The molecular weight excluding hydrogens is 370 g/mol. The summed E-state index contributed by atoms with van der Waals surface area (Å²) in [6, 6.07) is 13.6. The molecule has 2 aromatic carbocycles. The van der Waals surface area contributed by atoms with Gasteiger partial charge in [0, 0.05) is 7.05 Å². The molecule has 0 bridgehead atoms. The van der Waals surface area contributed by atoms with Crippen molar-refractivity contribution in [1.82, 2.24) is 24.3 Å². The Morgan fingerprint density at radius 2 is 1.82 bits per heavy atom. The van der Waals surface area contributed by atoms with Crippen LogP contribution in [0.2, 0.25) is 0 Å². The molecule has 0 aliphatic carbocycles. The molecule has 0 unspecified atom stereocenters. The summed E-state index contributed by atoms with van der Waals surface area (Å²) < 4.78 is 3.48. The van der Waals surface area contributed by atoms with Gasteiger partial charge >= 0.3 is 0 Å². The maximum Gasteiger partial charge on any atom is 0.266 e. The first-order chi connectivity index (χ1) is 13.4. The van der Waals surface area contributed by atoms with Gasteiger partial charge in [-0.1, -0.05) is 41.6 Å². The van der Waals surface area contributed by atoms with Crippen molar-refractivity contribution in [2.75, 3.05) is 0 Å². The average molecular weight is 392 g/mol. The Kier molecular flexibility index (Phi) is 4.77. The lowest BCUT2D eigenvalue weighted by atomic mass is 10.1. The molecule has 2 aromatic heterocycles. The van der Waals surface area contributed by atoms with Gasteiger partial charge < -0.3 is 0 Å². The van der Waals surface area contributed by atoms with Gasteiger partial charge in [0.05, 0.1) is 22.3 Å². The molecule has 0 fully saturated rings. The fraction of sp³-hybridized carbons (Fsp3) is 0.238. The lowest BCUT2D eigenvalue weighted by Gasteiger charge is -2.15. The van der Waals surface area contributed by atoms with E-state index in [9.17, 15) is 4.79 Å². The topological polar surface area (TPSA) is 65.6 Å². The van der Waals surface area contributed by atoms with Crippen molar-refractivity contribution in [2.24, 2.45) is 7.05 Å². The van der Waals surface area contributed by atoms with E-state index < -0.39 is 0 Å². The lowest BCUT2D eigenvalue weighted by Crippen LogP contribution is -2.22. The standard InChI is InChI=1S/C21H21N5OS/c1-13-9-10-18(14(2)11-13)26-20(27)16-7-5-6-8-17(16)23-21(26)28-12-19-22-15(3)24-25(19)4/h5-11H,12H2,1-4H3. The molecule has 142 valence electrons. The van der Waals surface area contributed by atoms with Crippen molar-refractivity contribution < 1.29 is 0 Å². The Hall–Kier alpha value is -2.93. The first-order valence-corrected chi connectivity index (χ1v) is 10.0. The molecule has 0 N–H and O–H groups in total. The minimum atomic E-state index is -0.0609. The van der Waals surface area contributed by atoms with Crippen LogP contribution in [0.1, 0.15) is 22.8 Å². The van der Waals surface area contributed by atoms with Crippen LogP contribution < -0.4 is 5.56 Å². The van der Waals surface area contributed by atoms with Crippen molar-refractivity contribution in [2.45, 2.75) is 31.7 Å². The largest absolute Gasteiger partial charge is 0.268 e. The molecule has 7 heteroatoms. The van der Waals surface area contributed by atoms with Crippen LogP contribution in [0.5, 0.6) is 0 Å². The van der Waals surface area contributed by atoms with Gasteiger partial charge in [-0.2, -0.15) is 5.10 Å². The van der Waals surface area contributed by atoms with E-state index in [-0.39, 0.29) is 5.56 Å². The molecule has 0 amide bonds. The van der Waals surface area contributed by atoms with Gasteiger partial charge in [0.15, 0.2) is 5.16 Å². The van der Waals surface area contributed by atoms with Crippen molar-refractivity contribution in [3.63, 3.8) is 0 Å². The van der Waals surface area contributed by atoms with Crippen molar-refractivity contribution in [3.8, 4) is 5.69 Å². The van der Waals surface area contributed by atoms with Crippen LogP contribution in [0.3, 0.4) is 0 Å². The van der Waals surface area contributed by atoms with E-state index in [0.29, 0.717) is 21.8 Å². The Bertz CT molecular complexity index is 1240. The molecule has 6 nitrogen and oxygen atoms in total. The van der Waals surface area contributed by atoms with Gasteiger partial charge in [-0.3, -0.25) is 14.0 Å². The van der Waals surface area contributed by atoms with Crippen LogP contribution in [0.4, 0.5) is 0 Å². The minimum absolute atomic E-state index is 0.0609. The Balaban J connectivity index is 1.88. The third-order valence-corrected chi connectivity index (χ3v) is 5.56. The maximum atomic E-state index is 13.3. The highest BCUT2D eigenvalue weighted by Gasteiger charge is 2.16. The summed E-state index contributed by atoms with van der Waals surface area (Å²) in [7, 11) is 1.88. The monoisotopic (exact) mass is 391 g/mol. The third-order valence-electron chi connectivity index (χ3n) is 4.63. The first-order valence-electron chi connectivity index (χ1n) is 9.03. The molecular formula is C21H21N5OS. The fourth-order valence-corrected chi connectivity index (χ4v) is 4.27. The number of fused-ring (bicyclic) bond motifs is 1. The SMILES string of the molecule is Cc1ccc(-n2c(SCc3nc(C)nn3C)nc3ccccc3c2=O)c(C)c1. The number of rotatable bonds is 4. The Morgan fingerprint density at radius 1 is 1.04 bits per heavy atom. The van der Waals surface area contributed by atoms with E-state index in [4.69, 9.17) is 4.98 Å². The highest BCUT2D eigenvalue weighted by atomic mass is 32.2. The summed E-state index contributed by atoms with van der Waals surface area (Å²) in [4.78, 5) is 22.6. The van der Waals surface area contributed by atoms with E-state index in [1.807, 2.05) is 64.2 Å². The van der Waals surface area contributed by atoms with Gasteiger partial charge in [-0.05, 0) is 44.5 Å². The third kappa shape index (κ3) is 3.33. The molecule has 0 saturated heterocycles. The number of para-hydroxylation sites is 1. The second-order valence-electron chi connectivity index (χ2n) is 6.83. The zero-order chi connectivity index (χ0) is 19.8. The van der Waals surface area contributed by atoms with Crippen LogP contribution in [0.25, 0.3) is 16.6 Å². The number of nitrogens with zero attached hydrogens (tertiary/aromatic N) is 5. The predicted octanol–water partition coefficient (Wildman–Crippen LogP) is 3.73. The molecule has 0 spiro atoms. The Labute approximate surface area is 167 Å². The summed E-state index contributed by atoms with van der Waals surface area (Å²) in [5, 5.41) is 5.56. The average Bonchev–Trinajstić information content (AvgIpc) is 2.98. The van der Waals surface area contributed by atoms with Crippen molar-refractivity contribution in [3.05, 3.63) is 75.6 Å². The summed E-state index contributed by atoms with van der Waals surface area (Å²) in [6.07, 6.45) is 0. The second-order valence-corrected chi connectivity index (χ2v) is 7.77. The zero-order valence-corrected chi connectivity index (χ0v) is 17.1. The van der Waals surface area contributed by atoms with Crippen LogP contribution in [0.15, 0.2) is 52.4 Å². The smallest absolute Gasteiger partial charge is 0.266 e. The maximum absolute atomic E-state index is 13.3. The van der Waals surface area contributed by atoms with Crippen LogP contribution in [-0.4, -0.2) is 24.3 Å². The number of hydrogen-bond acceptors (Lipinski definition) is 5. The van der Waals surface area contributed by atoms with Crippen molar-refractivity contribution >= 4 is 22.7 Å². The van der Waals surface area contributed by atoms with Crippen molar-refractivity contribution in [1.29, 1.82) is 0 Å². The molecule has 0 aliphatic heterocycles. The van der Waals surface area contributed by atoms with Crippen LogP contribution in [0, 0.1) is 20.8 Å². The summed E-state index contributed by atoms with van der Waals surface area (Å²) in [5.41, 5.74) is 3.69. The van der Waals surface area contributed by atoms with Crippen LogP contribution >= 0.6 is 11.8 Å². The van der Waals surface area contributed by atoms with Gasteiger partial charge in [0.2, 0.25) is 0 Å². The summed E-state index contributed by atoms with van der Waals surface area (Å²) in [6.45, 7) is 5.93. The van der Waals surface area contributed by atoms with E-state index in [0.717, 1.165) is 28.5 Å². The quantitative estimate of drug-likeness (QED) is 0.392. The molecule has 0 saturated carbocycles. The molecule has 0 atom stereocenters. The minimum Gasteiger partial charge on any atom is -0.268 e. The van der Waals surface area contributed by atoms with E-state index in [1.54, 1.807) is 9.25 Å². The van der Waals surface area contributed by atoms with E-state index in [1.165, 1.54) is 11.8 Å². The van der Waals surface area contributed by atoms with E-state index >= 15 is 0 Å². The summed E-state index contributed by atoms with van der Waals surface area (Å²) in [5.74, 6) is 2.15. The highest BCUT2D eigenvalue weighted by molar-refractivity contribution is 7.98. The normalized spacial score (nSPS) is 11.3. The van der Waals surface area contributed by atoms with Gasteiger partial charge in [-0.25, -0.2) is 9.97 Å². The molecule has 4 aromatic rings. The van der Waals surface area contributed by atoms with Gasteiger partial charge in [0.1, 0.15) is 11.6 Å². The fourth-order valence-electron chi connectivity index (χ4n) is 3.29. The van der Waals surface area contributed by atoms with Gasteiger partial charge in [0.25, 0.3) is 5.56 Å². The molecule has 0 aliphatic rings. The number of aromatic nitrogens is 5. The highest BCUT2D eigenvalue weighted by Crippen LogP contribution is 2.25. The number of benzene rings is 2. The second kappa shape index (κ2) is 7.24. The van der Waals surface area contributed by atoms with Crippen LogP contribution in [-0.2, 0) is 12.8 Å². The molecule has 2 heterocycles. The van der Waals surface area contributed by atoms with Gasteiger partial charge in [-0.15, -0.1) is 0 Å². The number of aryl methyl sites for hydroxylation is 4. The predicted molar refractivity (Wildman–Crippen MR) is 112 cm³/mol. The first kappa shape index (κ1) is 18.4. The number of hydrogen-bond donors (Lipinski definition) is 0. The lowest BCUT2D eigenvalue weighted by molar-refractivity contribution is 0.722. The molecule has 4 rings (SSSR count). The Morgan fingerprint density at radius 3 is 2.54 bits per heavy atom. The zero-order valence-electron chi connectivity index (χ0n) is 16.3. The molecule has 0 radical (unpaired) electrons. The number of thioether (sulfide) groups is 1. The summed E-state index contributed by atoms with van der Waals surface area (Å²) >= 11 is 1.49. The van der Waals surface area contributed by atoms with E-state index in [2.05, 4.69) is 16.1 Å².